The van der Waals surface area contributed by atoms with Crippen molar-refractivity contribution in [3.8, 4) is 11.4 Å². The molecule has 2 aromatic carbocycles. The molecule has 0 amide bonds. The van der Waals surface area contributed by atoms with Crippen LogP contribution < -0.4 is 9.80 Å². The first-order valence-electron chi connectivity index (χ1n) is 14.8. The number of ether oxygens (including phenoxy) is 1. The van der Waals surface area contributed by atoms with E-state index in [0.717, 1.165) is 76.0 Å². The summed E-state index contributed by atoms with van der Waals surface area (Å²) >= 11 is 0. The van der Waals surface area contributed by atoms with Gasteiger partial charge in [-0.15, -0.1) is 0 Å². The number of benzene rings is 2. The highest BCUT2D eigenvalue weighted by Crippen LogP contribution is 2.29. The van der Waals surface area contributed by atoms with Crippen LogP contribution in [0, 0.1) is 0 Å². The summed E-state index contributed by atoms with van der Waals surface area (Å²) in [5.41, 5.74) is 4.91. The number of hydrogen-bond donors (Lipinski definition) is 0. The first-order chi connectivity index (χ1) is 19.3. The van der Waals surface area contributed by atoms with E-state index >= 15 is 0 Å². The first kappa shape index (κ1) is 26.2. The number of aromatic nitrogens is 2. The highest BCUT2D eigenvalue weighted by Gasteiger charge is 2.23. The van der Waals surface area contributed by atoms with Crippen LogP contribution in [0.3, 0.4) is 0 Å². The van der Waals surface area contributed by atoms with Gasteiger partial charge in [0.15, 0.2) is 5.82 Å². The molecule has 2 fully saturated rings. The summed E-state index contributed by atoms with van der Waals surface area (Å²) < 4.78 is 5.89. The molecule has 7 nitrogen and oxygen atoms in total. The van der Waals surface area contributed by atoms with Crippen molar-refractivity contribution in [2.24, 2.45) is 0 Å². The molecule has 4 heterocycles. The molecule has 3 aliphatic heterocycles. The third-order valence-corrected chi connectivity index (χ3v) is 8.42. The van der Waals surface area contributed by atoms with Crippen LogP contribution in [0.15, 0.2) is 60.8 Å². The summed E-state index contributed by atoms with van der Waals surface area (Å²) in [4.78, 5) is 19.8. The van der Waals surface area contributed by atoms with Gasteiger partial charge in [0.25, 0.3) is 0 Å². The van der Waals surface area contributed by atoms with Crippen LogP contribution in [0.5, 0.6) is 0 Å². The average Bonchev–Trinajstić information content (AvgIpc) is 3.66. The van der Waals surface area contributed by atoms with E-state index in [1.165, 1.54) is 55.7 Å². The molecule has 0 radical (unpaired) electrons. The third-order valence-electron chi connectivity index (χ3n) is 8.42. The van der Waals surface area contributed by atoms with Gasteiger partial charge in [0.05, 0.1) is 13.2 Å². The maximum absolute atomic E-state index is 5.89. The zero-order valence-electron chi connectivity index (χ0n) is 23.2. The Labute approximate surface area is 233 Å². The molecule has 206 valence electrons. The molecule has 1 aromatic heterocycles. The summed E-state index contributed by atoms with van der Waals surface area (Å²) in [6, 6.07) is 19.3. The molecule has 2 saturated heterocycles. The molecule has 0 unspecified atom stereocenters. The predicted molar refractivity (Wildman–Crippen MR) is 158 cm³/mol. The highest BCUT2D eigenvalue weighted by atomic mass is 16.5. The van der Waals surface area contributed by atoms with Crippen molar-refractivity contribution in [3.63, 3.8) is 0 Å². The Balaban J connectivity index is 0.973. The van der Waals surface area contributed by atoms with E-state index in [1.54, 1.807) is 0 Å². The Kier molecular flexibility index (Phi) is 8.68. The summed E-state index contributed by atoms with van der Waals surface area (Å²) in [6.45, 7) is 12.6. The minimum atomic E-state index is 0.692. The van der Waals surface area contributed by atoms with Gasteiger partial charge < -0.3 is 19.4 Å². The molecular formula is C32H42N6O. The molecule has 0 bridgehead atoms. The Hall–Kier alpha value is -3.00. The lowest BCUT2D eigenvalue weighted by molar-refractivity contribution is 0.0907. The molecular weight excluding hydrogens is 484 g/mol. The fraction of sp³-hybridized carbons (Fsp3) is 0.500. The van der Waals surface area contributed by atoms with Gasteiger partial charge in [-0.1, -0.05) is 30.3 Å². The van der Waals surface area contributed by atoms with E-state index in [4.69, 9.17) is 14.7 Å². The van der Waals surface area contributed by atoms with Crippen molar-refractivity contribution in [2.75, 3.05) is 81.9 Å². The molecule has 0 saturated carbocycles. The second-order valence-corrected chi connectivity index (χ2v) is 11.1. The minimum absolute atomic E-state index is 0.692. The summed E-state index contributed by atoms with van der Waals surface area (Å²) in [5.74, 6) is 1.99. The van der Waals surface area contributed by atoms with Gasteiger partial charge in [0.2, 0.25) is 0 Å². The van der Waals surface area contributed by atoms with E-state index in [0.29, 0.717) is 6.61 Å². The fourth-order valence-corrected chi connectivity index (χ4v) is 6.07. The van der Waals surface area contributed by atoms with E-state index in [9.17, 15) is 0 Å². The molecule has 0 N–H and O–H groups in total. The summed E-state index contributed by atoms with van der Waals surface area (Å²) in [7, 11) is 0. The second-order valence-electron chi connectivity index (χ2n) is 11.1. The van der Waals surface area contributed by atoms with Crippen molar-refractivity contribution >= 4 is 11.5 Å². The van der Waals surface area contributed by atoms with E-state index in [-0.39, 0.29) is 0 Å². The topological polar surface area (TPSA) is 48.0 Å². The highest BCUT2D eigenvalue weighted by molar-refractivity contribution is 5.63. The predicted octanol–water partition coefficient (Wildman–Crippen LogP) is 4.33. The molecule has 6 rings (SSSR count). The van der Waals surface area contributed by atoms with Gasteiger partial charge in [0.1, 0.15) is 5.82 Å². The molecule has 0 atom stereocenters. The number of anilines is 2. The Bertz CT molecular complexity index is 1170. The monoisotopic (exact) mass is 526 g/mol. The molecule has 39 heavy (non-hydrogen) atoms. The molecule has 0 spiro atoms. The molecule has 3 aliphatic rings. The average molecular weight is 527 g/mol. The number of hydrogen-bond acceptors (Lipinski definition) is 7. The van der Waals surface area contributed by atoms with Crippen LogP contribution in [0.2, 0.25) is 0 Å². The zero-order valence-corrected chi connectivity index (χ0v) is 23.2. The summed E-state index contributed by atoms with van der Waals surface area (Å²) in [6.07, 6.45) is 7.05. The Morgan fingerprint density at radius 3 is 2.31 bits per heavy atom. The van der Waals surface area contributed by atoms with Crippen molar-refractivity contribution < 1.29 is 4.74 Å². The number of nitrogens with zero attached hydrogens (tertiary/aromatic N) is 6. The Morgan fingerprint density at radius 2 is 1.51 bits per heavy atom. The molecule has 3 aromatic rings. The fourth-order valence-electron chi connectivity index (χ4n) is 6.07. The standard InChI is InChI=1S/C32H42N6O/c1-2-7-27(8-3-1)26-39-24-23-36-19-21-37(22-20-36)30-11-9-28(10-12-30)31-33-25-29-13-18-38(32(29)34-31)17-6-16-35-14-4-5-15-35/h1-3,7-12,25H,4-6,13-24,26H2. The smallest absolute Gasteiger partial charge is 0.161 e. The van der Waals surface area contributed by atoms with Crippen molar-refractivity contribution in [1.82, 2.24) is 19.8 Å². The van der Waals surface area contributed by atoms with Gasteiger partial charge in [-0.25, -0.2) is 9.97 Å². The van der Waals surface area contributed by atoms with Gasteiger partial charge in [-0.2, -0.15) is 0 Å². The van der Waals surface area contributed by atoms with Crippen molar-refractivity contribution in [2.45, 2.75) is 32.3 Å². The normalized spacial score (nSPS) is 18.2. The van der Waals surface area contributed by atoms with E-state index < -0.39 is 0 Å². The van der Waals surface area contributed by atoms with Crippen LogP contribution in [-0.2, 0) is 17.8 Å². The second kappa shape index (κ2) is 12.9. The SMILES string of the molecule is c1ccc(COCCN2CCN(c3ccc(-c4ncc5c(n4)N(CCCN4CCCC4)CC5)cc3)CC2)cc1. The number of rotatable bonds is 11. The van der Waals surface area contributed by atoms with Crippen LogP contribution in [-0.4, -0.2) is 91.8 Å². The van der Waals surface area contributed by atoms with Crippen LogP contribution in [0.4, 0.5) is 11.5 Å². The van der Waals surface area contributed by atoms with Crippen LogP contribution >= 0.6 is 0 Å². The van der Waals surface area contributed by atoms with Gasteiger partial charge >= 0.3 is 0 Å². The van der Waals surface area contributed by atoms with Crippen molar-refractivity contribution in [3.05, 3.63) is 71.9 Å². The number of fused-ring (bicyclic) bond motifs is 1. The maximum Gasteiger partial charge on any atom is 0.161 e. The van der Waals surface area contributed by atoms with Gasteiger partial charge in [-0.3, -0.25) is 4.90 Å². The molecule has 7 heteroatoms. The lowest BCUT2D eigenvalue weighted by Crippen LogP contribution is -2.47. The lowest BCUT2D eigenvalue weighted by atomic mass is 10.1. The van der Waals surface area contributed by atoms with Gasteiger partial charge in [0, 0.05) is 68.8 Å². The summed E-state index contributed by atoms with van der Waals surface area (Å²) in [5, 5.41) is 0. The van der Waals surface area contributed by atoms with Gasteiger partial charge in [-0.05, 0) is 75.1 Å². The largest absolute Gasteiger partial charge is 0.375 e. The zero-order chi connectivity index (χ0) is 26.3. The molecule has 0 aliphatic carbocycles. The van der Waals surface area contributed by atoms with E-state index in [1.807, 2.05) is 6.07 Å². The van der Waals surface area contributed by atoms with E-state index in [2.05, 4.69) is 74.3 Å². The lowest BCUT2D eigenvalue weighted by Gasteiger charge is -2.36. The Morgan fingerprint density at radius 1 is 0.744 bits per heavy atom. The number of piperazine rings is 1. The third kappa shape index (κ3) is 6.78. The van der Waals surface area contributed by atoms with Crippen LogP contribution in [0.25, 0.3) is 11.4 Å². The van der Waals surface area contributed by atoms with Crippen molar-refractivity contribution in [1.29, 1.82) is 0 Å². The van der Waals surface area contributed by atoms with Crippen LogP contribution in [0.1, 0.15) is 30.4 Å². The first-order valence-corrected chi connectivity index (χ1v) is 14.8. The number of likely N-dealkylation sites (tertiary alicyclic amines) is 1. The quantitative estimate of drug-likeness (QED) is 0.345. The maximum atomic E-state index is 5.89. The minimum Gasteiger partial charge on any atom is -0.375 e.